The first-order valence-corrected chi connectivity index (χ1v) is 5.99. The minimum atomic E-state index is -0.454. The number of aromatic nitrogens is 4. The molecule has 0 fully saturated rings. The fourth-order valence-corrected chi connectivity index (χ4v) is 1.86. The topological polar surface area (TPSA) is 74.7 Å². The summed E-state index contributed by atoms with van der Waals surface area (Å²) >= 11 is 0. The lowest BCUT2D eigenvalue weighted by Gasteiger charge is -2.00. The minimum absolute atomic E-state index is 0.0636. The predicted molar refractivity (Wildman–Crippen MR) is 71.4 cm³/mol. The smallest absolute Gasteiger partial charge is 0.200 e. The zero-order chi connectivity index (χ0) is 14.1. The van der Waals surface area contributed by atoms with Crippen LogP contribution in [-0.4, -0.2) is 25.3 Å². The molecule has 2 aromatic heterocycles. The van der Waals surface area contributed by atoms with E-state index >= 15 is 0 Å². The van der Waals surface area contributed by atoms with Crippen LogP contribution in [0.1, 0.15) is 5.69 Å². The van der Waals surface area contributed by atoms with Crippen molar-refractivity contribution in [1.82, 2.24) is 20.2 Å². The van der Waals surface area contributed by atoms with Crippen molar-refractivity contribution in [2.45, 2.75) is 6.92 Å². The van der Waals surface area contributed by atoms with Crippen LogP contribution in [0, 0.1) is 12.7 Å². The predicted octanol–water partition coefficient (Wildman–Crippen LogP) is 2.69. The zero-order valence-electron chi connectivity index (χ0n) is 10.6. The average Bonchev–Trinajstić information content (AvgIpc) is 2.91. The van der Waals surface area contributed by atoms with Crippen molar-refractivity contribution in [2.75, 3.05) is 0 Å². The molecule has 0 aliphatic carbocycles. The Morgan fingerprint density at radius 1 is 1.15 bits per heavy atom. The number of halogens is 1. The van der Waals surface area contributed by atoms with Crippen LogP contribution in [-0.2, 0) is 0 Å². The molecule has 0 saturated heterocycles. The van der Waals surface area contributed by atoms with Gasteiger partial charge < -0.3 is 5.11 Å². The van der Waals surface area contributed by atoms with Gasteiger partial charge in [-0.25, -0.2) is 14.4 Å². The van der Waals surface area contributed by atoms with Crippen molar-refractivity contribution in [1.29, 1.82) is 0 Å². The van der Waals surface area contributed by atoms with Crippen LogP contribution in [0.4, 0.5) is 4.39 Å². The number of aromatic hydroxyl groups is 1. The molecule has 100 valence electrons. The van der Waals surface area contributed by atoms with Crippen molar-refractivity contribution >= 4 is 0 Å². The fraction of sp³-hybridized carbons (Fsp3) is 0.0714. The van der Waals surface area contributed by atoms with Crippen molar-refractivity contribution < 1.29 is 9.50 Å². The van der Waals surface area contributed by atoms with Crippen LogP contribution in [0.3, 0.4) is 0 Å². The van der Waals surface area contributed by atoms with Crippen LogP contribution in [0.2, 0.25) is 0 Å². The lowest BCUT2D eigenvalue weighted by atomic mass is 10.2. The van der Waals surface area contributed by atoms with Gasteiger partial charge in [-0.1, -0.05) is 6.07 Å². The number of nitrogens with one attached hydrogen (secondary N) is 1. The number of hydrogen-bond acceptors (Lipinski definition) is 4. The highest BCUT2D eigenvalue weighted by Crippen LogP contribution is 2.28. The molecule has 2 N–H and O–H groups in total. The summed E-state index contributed by atoms with van der Waals surface area (Å²) in [5, 5.41) is 16.5. The first-order chi connectivity index (χ1) is 9.63. The number of nitrogens with zero attached hydrogens (tertiary/aromatic N) is 3. The molecule has 0 aliphatic rings. The largest absolute Gasteiger partial charge is 0.507 e. The van der Waals surface area contributed by atoms with Gasteiger partial charge in [0.15, 0.2) is 11.6 Å². The number of phenolic OH excluding ortho intramolecular Hbond substituents is 1. The minimum Gasteiger partial charge on any atom is -0.507 e. The van der Waals surface area contributed by atoms with E-state index in [0.29, 0.717) is 17.3 Å². The van der Waals surface area contributed by atoms with Gasteiger partial charge in [-0.3, -0.25) is 5.10 Å². The number of phenols is 1. The van der Waals surface area contributed by atoms with Crippen LogP contribution in [0.5, 0.6) is 5.75 Å². The Balaban J connectivity index is 2.04. The van der Waals surface area contributed by atoms with E-state index in [1.54, 1.807) is 6.07 Å². The quantitative estimate of drug-likeness (QED) is 0.750. The molecule has 0 amide bonds. The Kier molecular flexibility index (Phi) is 2.90. The lowest BCUT2D eigenvalue weighted by Crippen LogP contribution is -1.88. The molecule has 0 atom stereocenters. The second kappa shape index (κ2) is 4.73. The van der Waals surface area contributed by atoms with E-state index < -0.39 is 5.82 Å². The number of pyridine rings is 1. The zero-order valence-corrected chi connectivity index (χ0v) is 10.6. The molecule has 6 heteroatoms. The van der Waals surface area contributed by atoms with Gasteiger partial charge in [-0.15, -0.1) is 0 Å². The van der Waals surface area contributed by atoms with Gasteiger partial charge >= 0.3 is 0 Å². The fourth-order valence-electron chi connectivity index (χ4n) is 1.86. The van der Waals surface area contributed by atoms with Gasteiger partial charge in [0.1, 0.15) is 17.3 Å². The third-order valence-electron chi connectivity index (χ3n) is 2.82. The Hall–Kier alpha value is -2.76. The Bertz CT molecular complexity index is 769. The molecule has 0 aliphatic heterocycles. The Labute approximate surface area is 114 Å². The summed E-state index contributed by atoms with van der Waals surface area (Å²) in [4.78, 5) is 8.55. The molecule has 20 heavy (non-hydrogen) atoms. The number of benzene rings is 1. The van der Waals surface area contributed by atoms with Gasteiger partial charge in [0.05, 0.1) is 5.56 Å². The van der Waals surface area contributed by atoms with E-state index in [1.165, 1.54) is 18.2 Å². The number of H-pyrrole nitrogens is 1. The third-order valence-corrected chi connectivity index (χ3v) is 2.82. The first kappa shape index (κ1) is 12.3. The van der Waals surface area contributed by atoms with Crippen LogP contribution < -0.4 is 0 Å². The van der Waals surface area contributed by atoms with Crippen molar-refractivity contribution in [3.63, 3.8) is 0 Å². The van der Waals surface area contributed by atoms with Crippen molar-refractivity contribution in [2.24, 2.45) is 0 Å². The van der Waals surface area contributed by atoms with E-state index in [0.717, 1.165) is 5.69 Å². The SMILES string of the molecule is Cc1cccc(-c2n[nH]c(-c3cc(F)ccc3O)n2)n1. The number of rotatable bonds is 2. The second-order valence-electron chi connectivity index (χ2n) is 4.33. The highest BCUT2D eigenvalue weighted by Gasteiger charge is 2.12. The summed E-state index contributed by atoms with van der Waals surface area (Å²) in [5.74, 6) is 0.170. The Morgan fingerprint density at radius 2 is 2.00 bits per heavy atom. The second-order valence-corrected chi connectivity index (χ2v) is 4.33. The average molecular weight is 270 g/mol. The monoisotopic (exact) mass is 270 g/mol. The molecule has 0 bridgehead atoms. The molecule has 0 radical (unpaired) electrons. The van der Waals surface area contributed by atoms with E-state index in [-0.39, 0.29) is 11.3 Å². The van der Waals surface area contributed by atoms with Crippen molar-refractivity contribution in [3.8, 4) is 28.7 Å². The number of aryl methyl sites for hydroxylation is 1. The maximum atomic E-state index is 13.2. The molecular formula is C14H11FN4O. The standard InChI is InChI=1S/C14H11FN4O/c1-8-3-2-4-11(16-8)14-17-13(18-19-14)10-7-9(15)5-6-12(10)20/h2-7,20H,1H3,(H,17,18,19). The molecule has 3 rings (SSSR count). The maximum absolute atomic E-state index is 13.2. The van der Waals surface area contributed by atoms with Gasteiger partial charge in [0.2, 0.25) is 0 Å². The summed E-state index contributed by atoms with van der Waals surface area (Å²) in [6, 6.07) is 9.16. The van der Waals surface area contributed by atoms with E-state index in [9.17, 15) is 9.50 Å². The molecule has 0 spiro atoms. The molecule has 1 aromatic carbocycles. The van der Waals surface area contributed by atoms with Gasteiger partial charge in [0.25, 0.3) is 0 Å². The van der Waals surface area contributed by atoms with E-state index in [1.807, 2.05) is 19.1 Å². The number of aromatic amines is 1. The third kappa shape index (κ3) is 2.23. The summed E-state index contributed by atoms with van der Waals surface area (Å²) < 4.78 is 13.2. The molecule has 0 unspecified atom stereocenters. The summed E-state index contributed by atoms with van der Waals surface area (Å²) in [5.41, 5.74) is 1.72. The van der Waals surface area contributed by atoms with Gasteiger partial charge in [-0.2, -0.15) is 5.10 Å². The summed E-state index contributed by atoms with van der Waals surface area (Å²) in [6.07, 6.45) is 0. The summed E-state index contributed by atoms with van der Waals surface area (Å²) in [7, 11) is 0. The van der Waals surface area contributed by atoms with Crippen LogP contribution >= 0.6 is 0 Å². The highest BCUT2D eigenvalue weighted by molar-refractivity contribution is 5.65. The van der Waals surface area contributed by atoms with Crippen molar-refractivity contribution in [3.05, 3.63) is 47.9 Å². The van der Waals surface area contributed by atoms with Crippen LogP contribution in [0.25, 0.3) is 22.9 Å². The molecule has 3 aromatic rings. The highest BCUT2D eigenvalue weighted by atomic mass is 19.1. The normalized spacial score (nSPS) is 10.7. The maximum Gasteiger partial charge on any atom is 0.200 e. The molecule has 2 heterocycles. The van der Waals surface area contributed by atoms with E-state index in [4.69, 9.17) is 0 Å². The number of hydrogen-bond donors (Lipinski definition) is 2. The summed E-state index contributed by atoms with van der Waals surface area (Å²) in [6.45, 7) is 1.87. The first-order valence-electron chi connectivity index (χ1n) is 5.99. The lowest BCUT2D eigenvalue weighted by molar-refractivity contribution is 0.475. The Morgan fingerprint density at radius 3 is 2.80 bits per heavy atom. The van der Waals surface area contributed by atoms with Gasteiger partial charge in [0, 0.05) is 5.69 Å². The van der Waals surface area contributed by atoms with Crippen LogP contribution in [0.15, 0.2) is 36.4 Å². The molecular weight excluding hydrogens is 259 g/mol. The molecule has 5 nitrogen and oxygen atoms in total. The van der Waals surface area contributed by atoms with E-state index in [2.05, 4.69) is 20.2 Å². The van der Waals surface area contributed by atoms with Gasteiger partial charge in [-0.05, 0) is 37.3 Å². The molecule has 0 saturated carbocycles.